The van der Waals surface area contributed by atoms with Gasteiger partial charge in [-0.2, -0.15) is 13.2 Å². The molecule has 0 fully saturated rings. The number of benzene rings is 1. The Labute approximate surface area is 147 Å². The molecule has 0 aliphatic heterocycles. The van der Waals surface area contributed by atoms with Gasteiger partial charge in [0.25, 0.3) is 0 Å². The molecule has 0 aliphatic rings. The molecule has 0 saturated heterocycles. The lowest BCUT2D eigenvalue weighted by Gasteiger charge is -2.09. The fourth-order valence-corrected chi connectivity index (χ4v) is 2.77. The van der Waals surface area contributed by atoms with Crippen LogP contribution in [-0.4, -0.2) is 35.3 Å². The van der Waals surface area contributed by atoms with Crippen molar-refractivity contribution in [3.63, 3.8) is 0 Å². The predicted molar refractivity (Wildman–Crippen MR) is 87.6 cm³/mol. The quantitative estimate of drug-likeness (QED) is 0.784. The van der Waals surface area contributed by atoms with E-state index in [4.69, 9.17) is 0 Å². The summed E-state index contributed by atoms with van der Waals surface area (Å²) in [5, 5.41) is 3.09. The molecular formula is C16H16F3N3O2S. The highest BCUT2D eigenvalue weighted by atomic mass is 32.2. The van der Waals surface area contributed by atoms with Crippen LogP contribution in [0.2, 0.25) is 0 Å². The zero-order chi connectivity index (χ0) is 18.4. The number of carbonyl (C=O) groups excluding carboxylic acids is 1. The van der Waals surface area contributed by atoms with E-state index < -0.39 is 25.3 Å². The summed E-state index contributed by atoms with van der Waals surface area (Å²) in [4.78, 5) is 21.0. The number of aryl methyl sites for hydroxylation is 2. The molecule has 1 aromatic heterocycles. The monoisotopic (exact) mass is 371 g/mol. The highest BCUT2D eigenvalue weighted by molar-refractivity contribution is 7.99. The van der Waals surface area contributed by atoms with Crippen LogP contribution in [0, 0.1) is 13.8 Å². The van der Waals surface area contributed by atoms with Crippen molar-refractivity contribution in [2.75, 3.05) is 18.5 Å². The number of amides is 1. The van der Waals surface area contributed by atoms with Gasteiger partial charge in [-0.15, -0.1) is 0 Å². The van der Waals surface area contributed by atoms with Gasteiger partial charge in [-0.25, -0.2) is 9.97 Å². The Balaban J connectivity index is 1.88. The van der Waals surface area contributed by atoms with Crippen LogP contribution in [0.4, 0.5) is 18.9 Å². The highest BCUT2D eigenvalue weighted by Gasteiger charge is 2.27. The lowest BCUT2D eigenvalue weighted by molar-refractivity contribution is -0.174. The van der Waals surface area contributed by atoms with Crippen LogP contribution < -0.4 is 5.32 Å². The minimum Gasteiger partial charge on any atom is -0.362 e. The molecule has 9 heteroatoms. The normalized spacial score (nSPS) is 11.4. The number of aromatic nitrogens is 2. The van der Waals surface area contributed by atoms with Crippen LogP contribution in [-0.2, 0) is 9.53 Å². The Kier molecular flexibility index (Phi) is 6.38. The van der Waals surface area contributed by atoms with Crippen molar-refractivity contribution in [1.82, 2.24) is 9.97 Å². The maximum atomic E-state index is 11.9. The number of ether oxygens (including phenoxy) is 1. The summed E-state index contributed by atoms with van der Waals surface area (Å²) in [6, 6.07) is 8.69. The molecule has 0 atom stereocenters. The summed E-state index contributed by atoms with van der Waals surface area (Å²) in [6.45, 7) is 1.66. The van der Waals surface area contributed by atoms with Crippen LogP contribution in [0.5, 0.6) is 0 Å². The highest BCUT2D eigenvalue weighted by Crippen LogP contribution is 2.26. The second-order valence-electron chi connectivity index (χ2n) is 5.22. The molecule has 0 bridgehead atoms. The fourth-order valence-electron chi connectivity index (χ4n) is 1.91. The van der Waals surface area contributed by atoms with E-state index in [0.717, 1.165) is 16.3 Å². The molecule has 1 N–H and O–H groups in total. The van der Waals surface area contributed by atoms with Crippen LogP contribution in [0.3, 0.4) is 0 Å². The van der Waals surface area contributed by atoms with E-state index in [0.29, 0.717) is 10.8 Å². The van der Waals surface area contributed by atoms with Crippen molar-refractivity contribution in [2.24, 2.45) is 0 Å². The first-order chi connectivity index (χ1) is 11.7. The minimum atomic E-state index is -4.45. The second kappa shape index (κ2) is 8.30. The third-order valence-corrected chi connectivity index (χ3v) is 3.68. The van der Waals surface area contributed by atoms with Crippen LogP contribution in [0.15, 0.2) is 40.4 Å². The molecule has 2 aromatic rings. The van der Waals surface area contributed by atoms with E-state index in [9.17, 15) is 18.0 Å². The first-order valence-corrected chi connectivity index (χ1v) is 8.07. The summed E-state index contributed by atoms with van der Waals surface area (Å²) < 4.78 is 40.1. The lowest BCUT2D eigenvalue weighted by Crippen LogP contribution is -2.23. The molecule has 25 heavy (non-hydrogen) atoms. The zero-order valence-corrected chi connectivity index (χ0v) is 14.4. The van der Waals surface area contributed by atoms with Crippen molar-refractivity contribution >= 4 is 23.4 Å². The van der Waals surface area contributed by atoms with Crippen molar-refractivity contribution in [3.05, 3.63) is 41.7 Å². The van der Waals surface area contributed by atoms with Crippen molar-refractivity contribution in [2.45, 2.75) is 30.1 Å². The molecule has 0 spiro atoms. The summed E-state index contributed by atoms with van der Waals surface area (Å²) in [5.41, 5.74) is 2.21. The molecule has 0 radical (unpaired) electrons. The van der Waals surface area contributed by atoms with Crippen molar-refractivity contribution in [3.8, 4) is 0 Å². The van der Waals surface area contributed by atoms with Crippen molar-refractivity contribution < 1.29 is 22.7 Å². The summed E-state index contributed by atoms with van der Waals surface area (Å²) in [5.74, 6) is -0.651. The van der Waals surface area contributed by atoms with Gasteiger partial charge in [-0.05, 0) is 55.9 Å². The van der Waals surface area contributed by atoms with Gasteiger partial charge >= 0.3 is 6.18 Å². The van der Waals surface area contributed by atoms with Crippen molar-refractivity contribution in [1.29, 1.82) is 0 Å². The molecule has 0 unspecified atom stereocenters. The smallest absolute Gasteiger partial charge is 0.362 e. The van der Waals surface area contributed by atoms with E-state index >= 15 is 0 Å². The van der Waals surface area contributed by atoms with E-state index in [-0.39, 0.29) is 0 Å². The molecular weight excluding hydrogens is 355 g/mol. The average molecular weight is 371 g/mol. The summed E-state index contributed by atoms with van der Waals surface area (Å²) >= 11 is 1.38. The van der Waals surface area contributed by atoms with E-state index in [2.05, 4.69) is 20.0 Å². The second-order valence-corrected chi connectivity index (χ2v) is 6.26. The van der Waals surface area contributed by atoms with Crippen LogP contribution >= 0.6 is 11.8 Å². The maximum absolute atomic E-state index is 11.9. The number of nitrogens with zero attached hydrogens (tertiary/aromatic N) is 2. The molecule has 1 heterocycles. The minimum absolute atomic E-state index is 0.464. The first-order valence-electron chi connectivity index (χ1n) is 7.26. The standard InChI is InChI=1S/C16H16F3N3O2S/c1-10-7-11(2)21-15(20-10)25-13-5-3-12(4-6-13)22-14(23)8-24-9-16(17,18)19/h3-7H,8-9H2,1-2H3,(H,22,23). The number of rotatable bonds is 6. The van der Waals surface area contributed by atoms with Gasteiger partial charge < -0.3 is 10.1 Å². The lowest BCUT2D eigenvalue weighted by atomic mass is 10.3. The number of anilines is 1. The number of nitrogens with one attached hydrogen (secondary N) is 1. The molecule has 0 aliphatic carbocycles. The number of carbonyl (C=O) groups is 1. The Morgan fingerprint density at radius 2 is 1.76 bits per heavy atom. The number of hydrogen-bond acceptors (Lipinski definition) is 5. The van der Waals surface area contributed by atoms with E-state index in [1.54, 1.807) is 24.3 Å². The van der Waals surface area contributed by atoms with Gasteiger partial charge in [0.15, 0.2) is 5.16 Å². The Morgan fingerprint density at radius 3 is 2.32 bits per heavy atom. The molecule has 134 valence electrons. The largest absolute Gasteiger partial charge is 0.411 e. The Hall–Kier alpha value is -2.13. The number of hydrogen-bond donors (Lipinski definition) is 1. The van der Waals surface area contributed by atoms with Gasteiger partial charge in [0.2, 0.25) is 5.91 Å². The predicted octanol–water partition coefficient (Wildman–Crippen LogP) is 3.76. The Bertz CT molecular complexity index is 716. The Morgan fingerprint density at radius 1 is 1.16 bits per heavy atom. The number of alkyl halides is 3. The average Bonchev–Trinajstić information content (AvgIpc) is 2.47. The van der Waals surface area contributed by atoms with Gasteiger partial charge in [0.05, 0.1) is 0 Å². The molecule has 2 rings (SSSR count). The van der Waals surface area contributed by atoms with E-state index in [1.165, 1.54) is 11.8 Å². The molecule has 0 saturated carbocycles. The van der Waals surface area contributed by atoms with Gasteiger partial charge in [0.1, 0.15) is 13.2 Å². The molecule has 1 amide bonds. The third-order valence-electron chi connectivity index (χ3n) is 2.81. The van der Waals surface area contributed by atoms with Gasteiger partial charge in [-0.3, -0.25) is 4.79 Å². The fraction of sp³-hybridized carbons (Fsp3) is 0.312. The SMILES string of the molecule is Cc1cc(C)nc(Sc2ccc(NC(=O)COCC(F)(F)F)cc2)n1. The van der Waals surface area contributed by atoms with Gasteiger partial charge in [-0.1, -0.05) is 0 Å². The van der Waals surface area contributed by atoms with Crippen LogP contribution in [0.25, 0.3) is 0 Å². The topological polar surface area (TPSA) is 64.1 Å². The summed E-state index contributed by atoms with van der Waals surface area (Å²) in [7, 11) is 0. The molecule has 1 aromatic carbocycles. The maximum Gasteiger partial charge on any atom is 0.411 e. The first kappa shape index (κ1) is 19.2. The zero-order valence-electron chi connectivity index (χ0n) is 13.6. The summed E-state index contributed by atoms with van der Waals surface area (Å²) in [6.07, 6.45) is -4.45. The van der Waals surface area contributed by atoms with E-state index in [1.807, 2.05) is 19.9 Å². The van der Waals surface area contributed by atoms with Crippen LogP contribution in [0.1, 0.15) is 11.4 Å². The third kappa shape index (κ3) is 7.10. The molecule has 5 nitrogen and oxygen atoms in total. The van der Waals surface area contributed by atoms with Gasteiger partial charge in [0, 0.05) is 22.0 Å². The number of halogens is 3.